The number of amides is 2. The van der Waals surface area contributed by atoms with Gasteiger partial charge in [-0.2, -0.15) is 0 Å². The number of urea groups is 1. The third-order valence-corrected chi connectivity index (χ3v) is 9.08. The number of benzene rings is 1. The lowest BCUT2D eigenvalue weighted by Gasteiger charge is -2.19. The molecule has 0 bridgehead atoms. The van der Waals surface area contributed by atoms with Gasteiger partial charge >= 0.3 is 6.03 Å². The average molecular weight is 511 g/mol. The number of aromatic nitrogens is 2. The Hall–Kier alpha value is -3.21. The third kappa shape index (κ3) is 4.44. The number of hydrogen-bond acceptors (Lipinski definition) is 6. The van der Waals surface area contributed by atoms with Gasteiger partial charge in [-0.1, -0.05) is 6.07 Å². The number of aliphatic hydroxyl groups is 1. The zero-order valence-electron chi connectivity index (χ0n) is 19.6. The number of carbonyl (C=O) groups is 1. The maximum atomic E-state index is 13.0. The first-order valence-corrected chi connectivity index (χ1v) is 13.6. The Morgan fingerprint density at radius 2 is 2.03 bits per heavy atom. The molecule has 3 aromatic heterocycles. The minimum absolute atomic E-state index is 0.0364. The second kappa shape index (κ2) is 8.47. The molecule has 1 aliphatic rings. The van der Waals surface area contributed by atoms with Crippen LogP contribution in [0.5, 0.6) is 0 Å². The molecule has 4 aromatic rings. The van der Waals surface area contributed by atoms with Crippen LogP contribution in [0.4, 0.5) is 10.5 Å². The van der Waals surface area contributed by atoms with Crippen molar-refractivity contribution < 1.29 is 18.3 Å². The Morgan fingerprint density at radius 1 is 1.23 bits per heavy atom. The number of thiophene rings is 1. The highest BCUT2D eigenvalue weighted by Gasteiger charge is 2.27. The summed E-state index contributed by atoms with van der Waals surface area (Å²) in [6.45, 7) is 5.15. The Labute approximate surface area is 207 Å². The van der Waals surface area contributed by atoms with Crippen LogP contribution in [-0.4, -0.2) is 28.9 Å². The molecular formula is C25H26N4O4S2. The van der Waals surface area contributed by atoms with Gasteiger partial charge < -0.3 is 14.8 Å². The van der Waals surface area contributed by atoms with Gasteiger partial charge in [-0.15, -0.1) is 11.3 Å². The molecule has 1 aliphatic carbocycles. The lowest BCUT2D eigenvalue weighted by molar-refractivity contribution is 0.0789. The predicted octanol–water partition coefficient (Wildman–Crippen LogP) is 4.60. The molecule has 0 fully saturated rings. The van der Waals surface area contributed by atoms with Crippen LogP contribution in [0.3, 0.4) is 0 Å². The number of sulfonamides is 1. The Balaban J connectivity index is 1.50. The van der Waals surface area contributed by atoms with Crippen LogP contribution in [-0.2, 0) is 28.5 Å². The van der Waals surface area contributed by atoms with Crippen molar-refractivity contribution in [2.75, 3.05) is 5.32 Å². The molecule has 5 rings (SSSR count). The lowest BCUT2D eigenvalue weighted by Crippen LogP contribution is -2.34. The van der Waals surface area contributed by atoms with Crippen LogP contribution < -0.4 is 10.0 Å². The van der Waals surface area contributed by atoms with E-state index in [1.54, 1.807) is 31.8 Å². The summed E-state index contributed by atoms with van der Waals surface area (Å²) >= 11 is 0.957. The summed E-state index contributed by atoms with van der Waals surface area (Å²) in [6.07, 6.45) is 8.10. The Kier molecular flexibility index (Phi) is 5.70. The van der Waals surface area contributed by atoms with E-state index in [1.807, 2.05) is 29.7 Å². The number of hydrogen-bond donors (Lipinski definition) is 3. The van der Waals surface area contributed by atoms with Crippen molar-refractivity contribution in [2.24, 2.45) is 0 Å². The fourth-order valence-corrected chi connectivity index (χ4v) is 6.82. The monoisotopic (exact) mass is 510 g/mol. The molecule has 3 N–H and O–H groups in total. The van der Waals surface area contributed by atoms with Crippen molar-refractivity contribution in [2.45, 2.75) is 49.8 Å². The van der Waals surface area contributed by atoms with Crippen LogP contribution in [0.1, 0.15) is 42.5 Å². The molecule has 0 saturated carbocycles. The highest BCUT2D eigenvalue weighted by atomic mass is 32.2. The molecule has 182 valence electrons. The number of fused-ring (bicyclic) bond motifs is 2. The molecule has 0 unspecified atom stereocenters. The third-order valence-electron chi connectivity index (χ3n) is 6.31. The van der Waals surface area contributed by atoms with Crippen molar-refractivity contribution >= 4 is 38.6 Å². The van der Waals surface area contributed by atoms with Crippen LogP contribution in [0.25, 0.3) is 16.6 Å². The molecule has 0 radical (unpaired) electrons. The molecule has 1 aromatic carbocycles. The number of anilines is 1. The first-order chi connectivity index (χ1) is 16.5. The smallest absolute Gasteiger partial charge is 0.333 e. The van der Waals surface area contributed by atoms with E-state index in [4.69, 9.17) is 0 Å². The highest BCUT2D eigenvalue weighted by Crippen LogP contribution is 2.40. The first kappa shape index (κ1) is 23.5. The SMILES string of the molecule is Cc1cc2c(c(NC(=O)NS(=O)(=O)c3cc(C(C)(C)O)cs3)c1-c1ccn3cncc3c1)CCC2. The van der Waals surface area contributed by atoms with Crippen LogP contribution in [0.15, 0.2) is 52.6 Å². The number of aryl methyl sites for hydroxylation is 2. The maximum absolute atomic E-state index is 13.0. The summed E-state index contributed by atoms with van der Waals surface area (Å²) < 4.78 is 29.8. The number of pyridine rings is 1. The average Bonchev–Trinajstić information content (AvgIpc) is 3.52. The molecule has 0 atom stereocenters. The molecule has 10 heteroatoms. The van der Waals surface area contributed by atoms with Crippen LogP contribution >= 0.6 is 11.3 Å². The minimum Gasteiger partial charge on any atom is -0.386 e. The lowest BCUT2D eigenvalue weighted by atomic mass is 9.93. The van der Waals surface area contributed by atoms with E-state index in [0.717, 1.165) is 58.4 Å². The summed E-state index contributed by atoms with van der Waals surface area (Å²) in [4.78, 5) is 17.2. The maximum Gasteiger partial charge on any atom is 0.333 e. The Bertz CT molecular complexity index is 1560. The van der Waals surface area contributed by atoms with Crippen molar-refractivity contribution in [3.63, 3.8) is 0 Å². The largest absolute Gasteiger partial charge is 0.386 e. The molecule has 2 amide bonds. The van der Waals surface area contributed by atoms with Crippen molar-refractivity contribution in [3.05, 3.63) is 70.6 Å². The van der Waals surface area contributed by atoms with Gasteiger partial charge in [0.1, 0.15) is 4.21 Å². The van der Waals surface area contributed by atoms with E-state index >= 15 is 0 Å². The molecular weight excluding hydrogens is 484 g/mol. The molecule has 35 heavy (non-hydrogen) atoms. The van der Waals surface area contributed by atoms with Gasteiger partial charge in [-0.25, -0.2) is 22.9 Å². The normalized spacial score (nSPS) is 13.7. The summed E-state index contributed by atoms with van der Waals surface area (Å²) in [5.41, 5.74) is 5.82. The quantitative estimate of drug-likeness (QED) is 0.363. The summed E-state index contributed by atoms with van der Waals surface area (Å²) in [5, 5.41) is 14.6. The molecule has 3 heterocycles. The Morgan fingerprint density at radius 3 is 2.77 bits per heavy atom. The van der Waals surface area contributed by atoms with Crippen LogP contribution in [0.2, 0.25) is 0 Å². The highest BCUT2D eigenvalue weighted by molar-refractivity contribution is 7.92. The van der Waals surface area contributed by atoms with Gasteiger partial charge in [-0.05, 0) is 91.4 Å². The van der Waals surface area contributed by atoms with Gasteiger partial charge in [0.05, 0.1) is 29.3 Å². The zero-order valence-corrected chi connectivity index (χ0v) is 21.3. The van der Waals surface area contributed by atoms with E-state index in [9.17, 15) is 18.3 Å². The summed E-state index contributed by atoms with van der Waals surface area (Å²) in [7, 11) is -4.11. The van der Waals surface area contributed by atoms with E-state index < -0.39 is 21.7 Å². The van der Waals surface area contributed by atoms with E-state index in [-0.39, 0.29) is 4.21 Å². The predicted molar refractivity (Wildman–Crippen MR) is 136 cm³/mol. The second-order valence-corrected chi connectivity index (χ2v) is 12.2. The van der Waals surface area contributed by atoms with Gasteiger partial charge in [0.2, 0.25) is 0 Å². The number of nitrogens with zero attached hydrogens (tertiary/aromatic N) is 2. The molecule has 0 saturated heterocycles. The van der Waals surface area contributed by atoms with E-state index in [2.05, 4.69) is 21.1 Å². The van der Waals surface area contributed by atoms with E-state index in [1.165, 1.54) is 11.6 Å². The van der Waals surface area contributed by atoms with Gasteiger partial charge in [0.25, 0.3) is 10.0 Å². The number of imidazole rings is 1. The van der Waals surface area contributed by atoms with Crippen LogP contribution in [0, 0.1) is 6.92 Å². The van der Waals surface area contributed by atoms with Gasteiger partial charge in [0.15, 0.2) is 0 Å². The standard InChI is InChI=1S/C25H26N4O4S2/c1-15-9-16-5-4-6-20(16)23(22(15)17-7-8-29-14-26-12-19(29)10-17)27-24(30)28-35(32,33)21-11-18(13-34-21)25(2,3)31/h7-14,31H,4-6H2,1-3H3,(H2,27,28,30). The minimum atomic E-state index is -4.11. The van der Waals surface area contributed by atoms with Crippen molar-refractivity contribution in [1.82, 2.24) is 14.1 Å². The van der Waals surface area contributed by atoms with Crippen molar-refractivity contribution in [1.29, 1.82) is 0 Å². The molecule has 0 aliphatic heterocycles. The molecule has 0 spiro atoms. The van der Waals surface area contributed by atoms with Gasteiger partial charge in [0, 0.05) is 11.8 Å². The number of carbonyl (C=O) groups excluding carboxylic acids is 1. The number of nitrogens with one attached hydrogen (secondary N) is 2. The number of rotatable bonds is 5. The summed E-state index contributed by atoms with van der Waals surface area (Å²) in [6, 6.07) is 6.68. The van der Waals surface area contributed by atoms with Gasteiger partial charge in [-0.3, -0.25) is 0 Å². The topological polar surface area (TPSA) is 113 Å². The first-order valence-electron chi connectivity index (χ1n) is 11.3. The molecule has 8 nitrogen and oxygen atoms in total. The van der Waals surface area contributed by atoms with E-state index in [0.29, 0.717) is 11.3 Å². The fourth-order valence-electron chi connectivity index (χ4n) is 4.57. The fraction of sp³-hybridized carbons (Fsp3) is 0.280. The second-order valence-electron chi connectivity index (χ2n) is 9.35. The summed E-state index contributed by atoms with van der Waals surface area (Å²) in [5.74, 6) is 0. The van der Waals surface area contributed by atoms with Crippen molar-refractivity contribution in [3.8, 4) is 11.1 Å². The zero-order chi connectivity index (χ0) is 25.0.